The fourth-order valence-electron chi connectivity index (χ4n) is 1.49. The summed E-state index contributed by atoms with van der Waals surface area (Å²) in [7, 11) is 0. The molecule has 0 radical (unpaired) electrons. The van der Waals surface area contributed by atoms with Crippen LogP contribution < -0.4 is 5.32 Å². The number of nitrogens with zero attached hydrogens (tertiary/aromatic N) is 1. The van der Waals surface area contributed by atoms with E-state index in [1.165, 1.54) is 6.07 Å². The van der Waals surface area contributed by atoms with E-state index in [4.69, 9.17) is 0 Å². The highest BCUT2D eigenvalue weighted by Crippen LogP contribution is 2.37. The maximum Gasteiger partial charge on any atom is 0.423 e. The summed E-state index contributed by atoms with van der Waals surface area (Å²) in [4.78, 5) is 9.51. The molecule has 0 aliphatic heterocycles. The maximum atomic E-state index is 12.7. The topological polar surface area (TPSA) is 75.4 Å². The van der Waals surface area contributed by atoms with Gasteiger partial charge < -0.3 is 10.4 Å². The van der Waals surface area contributed by atoms with Crippen LogP contribution in [-0.4, -0.2) is 22.7 Å². The van der Waals surface area contributed by atoms with Crippen LogP contribution in [0.25, 0.3) is 0 Å². The molecular weight excluding hydrogens is 277 g/mol. The number of rotatable bonds is 5. The Morgan fingerprint density at radius 2 is 2.00 bits per heavy atom. The van der Waals surface area contributed by atoms with Crippen LogP contribution in [0.5, 0.6) is 0 Å². The monoisotopic (exact) mass is 292 g/mol. The van der Waals surface area contributed by atoms with Gasteiger partial charge >= 0.3 is 6.18 Å². The molecule has 0 aliphatic rings. The summed E-state index contributed by atoms with van der Waals surface area (Å²) >= 11 is 0. The molecule has 1 aromatic rings. The van der Waals surface area contributed by atoms with Crippen molar-refractivity contribution in [1.82, 2.24) is 0 Å². The van der Waals surface area contributed by atoms with Gasteiger partial charge in [-0.1, -0.05) is 13.8 Å². The van der Waals surface area contributed by atoms with Gasteiger partial charge in [0.25, 0.3) is 5.69 Å². The molecule has 1 atom stereocenters. The van der Waals surface area contributed by atoms with E-state index in [0.717, 1.165) is 6.07 Å². The number of halogens is 3. The Labute approximate surface area is 113 Å². The van der Waals surface area contributed by atoms with Gasteiger partial charge in [-0.2, -0.15) is 13.2 Å². The summed E-state index contributed by atoms with van der Waals surface area (Å²) < 4.78 is 38.2. The van der Waals surface area contributed by atoms with Crippen molar-refractivity contribution < 1.29 is 23.2 Å². The van der Waals surface area contributed by atoms with Crippen molar-refractivity contribution in [2.24, 2.45) is 5.92 Å². The number of nitrogens with one attached hydrogen (secondary N) is 1. The van der Waals surface area contributed by atoms with Gasteiger partial charge in [0.2, 0.25) is 0 Å². The molecule has 0 amide bonds. The highest BCUT2D eigenvalue weighted by molar-refractivity contribution is 5.55. The number of hydrogen-bond donors (Lipinski definition) is 2. The quantitative estimate of drug-likeness (QED) is 0.646. The number of benzene rings is 1. The summed E-state index contributed by atoms with van der Waals surface area (Å²) in [6.45, 7) is 3.60. The zero-order chi connectivity index (χ0) is 15.5. The standard InChI is InChI=1S/C12H15F3N2O3/c1-7(2)11(18)6-16-8-3-4-10(17(19)20)9(5-8)12(13,14)15/h3-5,7,11,16,18H,6H2,1-2H3. The van der Waals surface area contributed by atoms with Crippen LogP contribution in [0.15, 0.2) is 18.2 Å². The van der Waals surface area contributed by atoms with Crippen LogP contribution in [0, 0.1) is 16.0 Å². The second-order valence-corrected chi connectivity index (χ2v) is 4.68. The summed E-state index contributed by atoms with van der Waals surface area (Å²) in [6, 6.07) is 2.65. The molecule has 0 bridgehead atoms. The van der Waals surface area contributed by atoms with Crippen molar-refractivity contribution in [1.29, 1.82) is 0 Å². The molecule has 0 saturated heterocycles. The van der Waals surface area contributed by atoms with Gasteiger partial charge in [0, 0.05) is 18.3 Å². The lowest BCUT2D eigenvalue weighted by atomic mass is 10.1. The molecule has 0 aromatic heterocycles. The number of aliphatic hydroxyl groups is 1. The van der Waals surface area contributed by atoms with Crippen molar-refractivity contribution in [2.75, 3.05) is 11.9 Å². The normalized spacial score (nSPS) is 13.3. The van der Waals surface area contributed by atoms with Crippen molar-refractivity contribution >= 4 is 11.4 Å². The third-order valence-electron chi connectivity index (χ3n) is 2.78. The number of nitro benzene ring substituents is 1. The first kappa shape index (κ1) is 16.2. The molecule has 112 valence electrons. The molecular formula is C12H15F3N2O3. The Balaban J connectivity index is 2.99. The Morgan fingerprint density at radius 1 is 1.40 bits per heavy atom. The van der Waals surface area contributed by atoms with E-state index in [1.807, 2.05) is 0 Å². The Bertz CT molecular complexity index is 489. The second kappa shape index (κ2) is 6.08. The zero-order valence-electron chi connectivity index (χ0n) is 10.9. The molecule has 0 fully saturated rings. The number of nitro groups is 1. The Kier molecular flexibility index (Phi) is 4.93. The van der Waals surface area contributed by atoms with Gasteiger partial charge in [0.05, 0.1) is 11.0 Å². The largest absolute Gasteiger partial charge is 0.423 e. The molecule has 1 unspecified atom stereocenters. The molecule has 0 heterocycles. The third-order valence-corrected chi connectivity index (χ3v) is 2.78. The van der Waals surface area contributed by atoms with Gasteiger partial charge in [-0.3, -0.25) is 10.1 Å². The first-order valence-electron chi connectivity index (χ1n) is 5.90. The molecule has 20 heavy (non-hydrogen) atoms. The Morgan fingerprint density at radius 3 is 2.45 bits per heavy atom. The molecule has 5 nitrogen and oxygen atoms in total. The van der Waals surface area contributed by atoms with Crippen LogP contribution in [0.3, 0.4) is 0 Å². The van der Waals surface area contributed by atoms with Gasteiger partial charge in [-0.15, -0.1) is 0 Å². The predicted octanol–water partition coefficient (Wildman–Crippen LogP) is 3.04. The van der Waals surface area contributed by atoms with E-state index in [1.54, 1.807) is 13.8 Å². The highest BCUT2D eigenvalue weighted by atomic mass is 19.4. The minimum atomic E-state index is -4.81. The molecule has 0 aliphatic carbocycles. The minimum Gasteiger partial charge on any atom is -0.391 e. The minimum absolute atomic E-state index is 0.0531. The molecule has 0 spiro atoms. The van der Waals surface area contributed by atoms with Crippen molar-refractivity contribution in [3.8, 4) is 0 Å². The van der Waals surface area contributed by atoms with E-state index in [2.05, 4.69) is 5.32 Å². The average molecular weight is 292 g/mol. The zero-order valence-corrected chi connectivity index (χ0v) is 10.9. The van der Waals surface area contributed by atoms with Crippen LogP contribution in [0.1, 0.15) is 19.4 Å². The smallest absolute Gasteiger partial charge is 0.391 e. The van der Waals surface area contributed by atoms with E-state index in [0.29, 0.717) is 6.07 Å². The number of anilines is 1. The lowest BCUT2D eigenvalue weighted by Gasteiger charge is -2.16. The van der Waals surface area contributed by atoms with Crippen LogP contribution >= 0.6 is 0 Å². The first-order chi connectivity index (χ1) is 9.12. The molecule has 0 saturated carbocycles. The summed E-state index contributed by atoms with van der Waals surface area (Å²) in [6.07, 6.45) is -5.53. The van der Waals surface area contributed by atoms with Gasteiger partial charge in [0.15, 0.2) is 0 Å². The second-order valence-electron chi connectivity index (χ2n) is 4.68. The predicted molar refractivity (Wildman–Crippen MR) is 67.4 cm³/mol. The summed E-state index contributed by atoms with van der Waals surface area (Å²) in [5.41, 5.74) is -2.23. The third kappa shape index (κ3) is 4.09. The highest BCUT2D eigenvalue weighted by Gasteiger charge is 2.38. The lowest BCUT2D eigenvalue weighted by molar-refractivity contribution is -0.388. The maximum absolute atomic E-state index is 12.7. The first-order valence-corrected chi connectivity index (χ1v) is 5.90. The number of aliphatic hydroxyl groups excluding tert-OH is 1. The van der Waals surface area contributed by atoms with Gasteiger partial charge in [-0.05, 0) is 18.1 Å². The summed E-state index contributed by atoms with van der Waals surface area (Å²) in [5.74, 6) is -0.0531. The van der Waals surface area contributed by atoms with Crippen molar-refractivity contribution in [3.05, 3.63) is 33.9 Å². The molecule has 1 rings (SSSR count). The van der Waals surface area contributed by atoms with Crippen molar-refractivity contribution in [2.45, 2.75) is 26.1 Å². The fourth-order valence-corrected chi connectivity index (χ4v) is 1.49. The van der Waals surface area contributed by atoms with Gasteiger partial charge in [0.1, 0.15) is 5.56 Å². The Hall–Kier alpha value is -1.83. The van der Waals surface area contributed by atoms with E-state index in [9.17, 15) is 28.4 Å². The number of hydrogen-bond acceptors (Lipinski definition) is 4. The van der Waals surface area contributed by atoms with Crippen LogP contribution in [0.2, 0.25) is 0 Å². The van der Waals surface area contributed by atoms with E-state index in [-0.39, 0.29) is 18.2 Å². The van der Waals surface area contributed by atoms with Gasteiger partial charge in [-0.25, -0.2) is 0 Å². The van der Waals surface area contributed by atoms with Crippen LogP contribution in [-0.2, 0) is 6.18 Å². The average Bonchev–Trinajstić information content (AvgIpc) is 2.34. The van der Waals surface area contributed by atoms with Crippen molar-refractivity contribution in [3.63, 3.8) is 0 Å². The van der Waals surface area contributed by atoms with E-state index < -0.39 is 28.5 Å². The fraction of sp³-hybridized carbons (Fsp3) is 0.500. The lowest BCUT2D eigenvalue weighted by Crippen LogP contribution is -2.24. The van der Waals surface area contributed by atoms with E-state index >= 15 is 0 Å². The number of alkyl halides is 3. The summed E-state index contributed by atoms with van der Waals surface area (Å²) in [5, 5.41) is 22.8. The van der Waals surface area contributed by atoms with Crippen LogP contribution in [0.4, 0.5) is 24.5 Å². The molecule has 8 heteroatoms. The molecule has 1 aromatic carbocycles. The SMILES string of the molecule is CC(C)C(O)CNc1ccc([N+](=O)[O-])c(C(F)(F)F)c1. The molecule has 2 N–H and O–H groups in total.